The van der Waals surface area contributed by atoms with Crippen LogP contribution < -0.4 is 5.01 Å². The van der Waals surface area contributed by atoms with Crippen LogP contribution in [0.3, 0.4) is 0 Å². The van der Waals surface area contributed by atoms with Crippen LogP contribution in [-0.2, 0) is 4.79 Å². The van der Waals surface area contributed by atoms with Crippen molar-refractivity contribution in [1.82, 2.24) is 0 Å². The van der Waals surface area contributed by atoms with Gasteiger partial charge in [-0.05, 0) is 25.1 Å². The molecule has 1 amide bonds. The highest BCUT2D eigenvalue weighted by Crippen LogP contribution is 2.26. The molecule has 78 valence electrons. The summed E-state index contributed by atoms with van der Waals surface area (Å²) in [5.41, 5.74) is 0.815. The van der Waals surface area contributed by atoms with E-state index in [1.165, 1.54) is 12.1 Å². The smallest absolute Gasteiger partial charge is 0.253 e. The summed E-state index contributed by atoms with van der Waals surface area (Å²) in [6, 6.07) is 4.13. The molecule has 1 aliphatic heterocycles. The fourth-order valence-electron chi connectivity index (χ4n) is 1.40. The van der Waals surface area contributed by atoms with Crippen LogP contribution in [0.15, 0.2) is 23.3 Å². The Balaban J connectivity index is 2.42. The van der Waals surface area contributed by atoms with Crippen LogP contribution in [0.1, 0.15) is 13.3 Å². The SMILES string of the molecule is CC1=NN(c2ccc(Cl)cc2F)C(=O)C1. The predicted octanol–water partition coefficient (Wildman–Crippen LogP) is 2.59. The minimum Gasteiger partial charge on any atom is -0.272 e. The average molecular weight is 227 g/mol. The molecule has 1 aromatic rings. The monoisotopic (exact) mass is 226 g/mol. The van der Waals surface area contributed by atoms with E-state index in [9.17, 15) is 9.18 Å². The van der Waals surface area contributed by atoms with Crippen LogP contribution in [0.2, 0.25) is 5.02 Å². The first-order valence-electron chi connectivity index (χ1n) is 4.40. The lowest BCUT2D eigenvalue weighted by molar-refractivity contribution is -0.116. The Hall–Kier alpha value is -1.42. The van der Waals surface area contributed by atoms with Crippen molar-refractivity contribution in [2.75, 3.05) is 5.01 Å². The van der Waals surface area contributed by atoms with Crippen LogP contribution in [0.25, 0.3) is 0 Å². The first-order valence-corrected chi connectivity index (χ1v) is 4.78. The number of anilines is 1. The lowest BCUT2D eigenvalue weighted by Gasteiger charge is -2.12. The van der Waals surface area contributed by atoms with E-state index in [1.54, 1.807) is 6.92 Å². The molecule has 5 heteroatoms. The summed E-state index contributed by atoms with van der Waals surface area (Å²) in [5, 5.41) is 5.31. The third-order valence-electron chi connectivity index (χ3n) is 2.05. The Morgan fingerprint density at radius 3 is 2.80 bits per heavy atom. The number of hydrogen-bond donors (Lipinski definition) is 0. The van der Waals surface area contributed by atoms with Crippen molar-refractivity contribution >= 4 is 28.9 Å². The molecule has 2 rings (SSSR count). The molecular formula is C10H8ClFN2O. The molecule has 0 radical (unpaired) electrons. The van der Waals surface area contributed by atoms with Gasteiger partial charge in [0.25, 0.3) is 5.91 Å². The Morgan fingerprint density at radius 1 is 1.53 bits per heavy atom. The first-order chi connectivity index (χ1) is 7.08. The van der Waals surface area contributed by atoms with Crippen LogP contribution in [0.5, 0.6) is 0 Å². The quantitative estimate of drug-likeness (QED) is 0.725. The van der Waals surface area contributed by atoms with Crippen LogP contribution in [-0.4, -0.2) is 11.6 Å². The summed E-state index contributed by atoms with van der Waals surface area (Å²) in [6.07, 6.45) is 0.238. The summed E-state index contributed by atoms with van der Waals surface area (Å²) >= 11 is 5.61. The van der Waals surface area contributed by atoms with Crippen molar-refractivity contribution in [2.45, 2.75) is 13.3 Å². The van der Waals surface area contributed by atoms with Gasteiger partial charge in [0, 0.05) is 10.7 Å². The normalized spacial score (nSPS) is 15.8. The second-order valence-corrected chi connectivity index (χ2v) is 3.75. The number of hydrogen-bond acceptors (Lipinski definition) is 2. The highest BCUT2D eigenvalue weighted by Gasteiger charge is 2.24. The van der Waals surface area contributed by atoms with Gasteiger partial charge in [0.1, 0.15) is 11.5 Å². The van der Waals surface area contributed by atoms with Crippen molar-refractivity contribution in [2.24, 2.45) is 5.10 Å². The van der Waals surface area contributed by atoms with E-state index >= 15 is 0 Å². The fraction of sp³-hybridized carbons (Fsp3) is 0.200. The molecule has 0 bridgehead atoms. The number of carbonyl (C=O) groups is 1. The molecule has 0 N–H and O–H groups in total. The second-order valence-electron chi connectivity index (χ2n) is 3.31. The molecular weight excluding hydrogens is 219 g/mol. The van der Waals surface area contributed by atoms with Gasteiger partial charge >= 0.3 is 0 Å². The van der Waals surface area contributed by atoms with E-state index in [2.05, 4.69) is 5.10 Å². The van der Waals surface area contributed by atoms with E-state index in [-0.39, 0.29) is 18.0 Å². The van der Waals surface area contributed by atoms with Crippen molar-refractivity contribution in [3.8, 4) is 0 Å². The summed E-state index contributed by atoms with van der Waals surface area (Å²) in [7, 11) is 0. The van der Waals surface area contributed by atoms with Gasteiger partial charge in [-0.2, -0.15) is 10.1 Å². The molecule has 15 heavy (non-hydrogen) atoms. The maximum Gasteiger partial charge on any atom is 0.253 e. The highest BCUT2D eigenvalue weighted by molar-refractivity contribution is 6.30. The van der Waals surface area contributed by atoms with Gasteiger partial charge in [-0.3, -0.25) is 4.79 Å². The van der Waals surface area contributed by atoms with E-state index in [0.717, 1.165) is 11.1 Å². The lowest BCUT2D eigenvalue weighted by Crippen LogP contribution is -2.20. The van der Waals surface area contributed by atoms with Gasteiger partial charge in [-0.1, -0.05) is 11.6 Å². The standard InChI is InChI=1S/C10H8ClFN2O/c1-6-4-10(15)14(13-6)9-3-2-7(11)5-8(9)12/h2-3,5H,4H2,1H3. The molecule has 0 unspecified atom stereocenters. The minimum atomic E-state index is -0.547. The molecule has 0 saturated carbocycles. The first kappa shape index (κ1) is 10.1. The zero-order chi connectivity index (χ0) is 11.0. The molecule has 1 heterocycles. The molecule has 0 aromatic heterocycles. The van der Waals surface area contributed by atoms with Gasteiger partial charge in [-0.15, -0.1) is 0 Å². The average Bonchev–Trinajstić information content (AvgIpc) is 2.45. The zero-order valence-electron chi connectivity index (χ0n) is 8.00. The van der Waals surface area contributed by atoms with E-state index < -0.39 is 5.82 Å². The van der Waals surface area contributed by atoms with E-state index in [1.807, 2.05) is 0 Å². The minimum absolute atomic E-state index is 0.140. The number of amides is 1. The number of benzene rings is 1. The molecule has 0 atom stereocenters. The van der Waals surface area contributed by atoms with Crippen molar-refractivity contribution in [1.29, 1.82) is 0 Å². The fourth-order valence-corrected chi connectivity index (χ4v) is 1.56. The number of carbonyl (C=O) groups excluding carboxylic acids is 1. The Bertz CT molecular complexity index is 459. The van der Waals surface area contributed by atoms with Crippen molar-refractivity contribution in [3.63, 3.8) is 0 Å². The molecule has 3 nitrogen and oxygen atoms in total. The highest BCUT2D eigenvalue weighted by atomic mass is 35.5. The summed E-state index contributed by atoms with van der Waals surface area (Å²) in [5.74, 6) is -0.775. The van der Waals surface area contributed by atoms with Gasteiger partial charge in [0.2, 0.25) is 0 Å². The number of rotatable bonds is 1. The van der Waals surface area contributed by atoms with Crippen molar-refractivity contribution in [3.05, 3.63) is 29.0 Å². The molecule has 1 aromatic carbocycles. The van der Waals surface area contributed by atoms with Crippen LogP contribution in [0, 0.1) is 5.82 Å². The third-order valence-corrected chi connectivity index (χ3v) is 2.29. The molecule has 0 saturated heterocycles. The number of nitrogens with zero attached hydrogens (tertiary/aromatic N) is 2. The summed E-state index contributed by atoms with van der Waals surface area (Å²) in [4.78, 5) is 11.4. The molecule has 0 aliphatic carbocycles. The van der Waals surface area contributed by atoms with E-state index in [4.69, 9.17) is 11.6 Å². The van der Waals surface area contributed by atoms with Gasteiger partial charge in [0.15, 0.2) is 0 Å². The van der Waals surface area contributed by atoms with Crippen LogP contribution >= 0.6 is 11.6 Å². The maximum atomic E-state index is 13.5. The molecule has 0 spiro atoms. The van der Waals surface area contributed by atoms with Crippen molar-refractivity contribution < 1.29 is 9.18 Å². The Labute approximate surface area is 91.1 Å². The topological polar surface area (TPSA) is 32.7 Å². The van der Waals surface area contributed by atoms with Crippen LogP contribution in [0.4, 0.5) is 10.1 Å². The van der Waals surface area contributed by atoms with Gasteiger partial charge < -0.3 is 0 Å². The lowest BCUT2D eigenvalue weighted by atomic mass is 10.2. The number of hydrazone groups is 1. The molecule has 0 fully saturated rings. The van der Waals surface area contributed by atoms with E-state index in [0.29, 0.717) is 10.7 Å². The second kappa shape index (κ2) is 3.62. The zero-order valence-corrected chi connectivity index (χ0v) is 8.75. The Morgan fingerprint density at radius 2 is 2.27 bits per heavy atom. The maximum absolute atomic E-state index is 13.5. The third kappa shape index (κ3) is 1.85. The van der Waals surface area contributed by atoms with Gasteiger partial charge in [0.05, 0.1) is 6.42 Å². The Kier molecular flexibility index (Phi) is 2.44. The summed E-state index contributed by atoms with van der Waals surface area (Å²) in [6.45, 7) is 1.73. The van der Waals surface area contributed by atoms with Gasteiger partial charge in [-0.25, -0.2) is 4.39 Å². The molecule has 1 aliphatic rings. The predicted molar refractivity (Wildman–Crippen MR) is 56.6 cm³/mol. The summed E-state index contributed by atoms with van der Waals surface area (Å²) < 4.78 is 13.5. The largest absolute Gasteiger partial charge is 0.272 e. The number of halogens is 2.